The molecule has 0 bridgehead atoms. The van der Waals surface area contributed by atoms with E-state index in [0.717, 1.165) is 51.4 Å². The van der Waals surface area contributed by atoms with Gasteiger partial charge < -0.3 is 40.3 Å². The highest BCUT2D eigenvalue weighted by atomic mass is 16.7. The van der Waals surface area contributed by atoms with Gasteiger partial charge in [-0.15, -0.1) is 0 Å². The Morgan fingerprint density at radius 2 is 0.984 bits per heavy atom. The second kappa shape index (κ2) is 42.1. The average Bonchev–Trinajstić information content (AvgIpc) is 3.26. The minimum atomic E-state index is -1.57. The van der Waals surface area contributed by atoms with Gasteiger partial charge in [-0.25, -0.2) is 0 Å². The lowest BCUT2D eigenvalue weighted by Gasteiger charge is -2.40. The molecule has 9 heteroatoms. The van der Waals surface area contributed by atoms with E-state index >= 15 is 0 Å². The number of rotatable bonds is 42. The van der Waals surface area contributed by atoms with Crippen LogP contribution in [0.5, 0.6) is 0 Å². The van der Waals surface area contributed by atoms with E-state index in [1.165, 1.54) is 148 Å². The summed E-state index contributed by atoms with van der Waals surface area (Å²) < 4.78 is 11.2. The molecule has 1 aliphatic rings. The Morgan fingerprint density at radius 1 is 0.557 bits per heavy atom. The van der Waals surface area contributed by atoms with Crippen LogP contribution in [-0.2, 0) is 14.3 Å². The highest BCUT2D eigenvalue weighted by Crippen LogP contribution is 2.23. The van der Waals surface area contributed by atoms with Gasteiger partial charge in [-0.05, 0) is 64.2 Å². The molecule has 0 spiro atoms. The van der Waals surface area contributed by atoms with Crippen LogP contribution in [0.2, 0.25) is 0 Å². The van der Waals surface area contributed by atoms with Gasteiger partial charge >= 0.3 is 0 Å². The summed E-state index contributed by atoms with van der Waals surface area (Å²) in [5.74, 6) is -0.192. The maximum absolute atomic E-state index is 13.0. The molecular formula is C52H95NO8. The van der Waals surface area contributed by atoms with Gasteiger partial charge in [-0.3, -0.25) is 4.79 Å². The number of aliphatic hydroxyl groups is 5. The van der Waals surface area contributed by atoms with E-state index in [-0.39, 0.29) is 12.5 Å². The molecule has 6 N–H and O–H groups in total. The average molecular weight is 862 g/mol. The smallest absolute Gasteiger partial charge is 0.220 e. The molecule has 61 heavy (non-hydrogen) atoms. The molecule has 1 rings (SSSR count). The summed E-state index contributed by atoms with van der Waals surface area (Å²) >= 11 is 0. The molecule has 0 saturated carbocycles. The van der Waals surface area contributed by atoms with Crippen LogP contribution in [0.15, 0.2) is 48.6 Å². The number of carbonyl (C=O) groups excluding carboxylic acids is 1. The number of hydrogen-bond donors (Lipinski definition) is 6. The van der Waals surface area contributed by atoms with Crippen LogP contribution in [-0.4, -0.2) is 87.5 Å². The summed E-state index contributed by atoms with van der Waals surface area (Å²) in [4.78, 5) is 13.0. The third-order valence-electron chi connectivity index (χ3n) is 11.9. The van der Waals surface area contributed by atoms with Crippen molar-refractivity contribution < 1.29 is 39.8 Å². The van der Waals surface area contributed by atoms with Crippen LogP contribution in [0, 0.1) is 0 Å². The summed E-state index contributed by atoms with van der Waals surface area (Å²) in [6.45, 7) is 3.74. The van der Waals surface area contributed by atoms with Gasteiger partial charge in [0.05, 0.1) is 25.4 Å². The molecule has 1 saturated heterocycles. The largest absolute Gasteiger partial charge is 0.394 e. The van der Waals surface area contributed by atoms with E-state index < -0.39 is 49.5 Å². The van der Waals surface area contributed by atoms with Crippen molar-refractivity contribution in [3.63, 3.8) is 0 Å². The SMILES string of the molecule is CCCCC/C=C\C/C=C\CCCCCCCCCCCC(=O)NC(COC1OC(CO)C(O)C(O)C1O)C(O)/C=C/CC/C=C/CCCCCCCCCCCCCCC. The van der Waals surface area contributed by atoms with E-state index in [2.05, 4.69) is 55.6 Å². The van der Waals surface area contributed by atoms with Gasteiger partial charge in [-0.2, -0.15) is 0 Å². The zero-order valence-electron chi connectivity index (χ0n) is 39.2. The molecule has 0 aliphatic carbocycles. The fraction of sp³-hybridized carbons (Fsp3) is 0.827. The zero-order valence-corrected chi connectivity index (χ0v) is 39.2. The van der Waals surface area contributed by atoms with Crippen LogP contribution >= 0.6 is 0 Å². The quantitative estimate of drug-likeness (QED) is 0.0262. The molecule has 356 valence electrons. The molecule has 7 unspecified atom stereocenters. The topological polar surface area (TPSA) is 149 Å². The first-order chi connectivity index (χ1) is 29.8. The van der Waals surface area contributed by atoms with Crippen LogP contribution in [0.3, 0.4) is 0 Å². The summed E-state index contributed by atoms with van der Waals surface area (Å²) in [7, 11) is 0. The number of carbonyl (C=O) groups is 1. The zero-order chi connectivity index (χ0) is 44.4. The number of ether oxygens (including phenoxy) is 2. The summed E-state index contributed by atoms with van der Waals surface area (Å²) in [6, 6.07) is -0.824. The second-order valence-electron chi connectivity index (χ2n) is 17.6. The lowest BCUT2D eigenvalue weighted by atomic mass is 9.99. The van der Waals surface area contributed by atoms with Crippen LogP contribution in [0.25, 0.3) is 0 Å². The van der Waals surface area contributed by atoms with Crippen LogP contribution in [0.1, 0.15) is 219 Å². The lowest BCUT2D eigenvalue weighted by molar-refractivity contribution is -0.302. The molecule has 1 heterocycles. The number of nitrogens with one attached hydrogen (secondary N) is 1. The Balaban J connectivity index is 2.34. The van der Waals surface area contributed by atoms with Crippen molar-refractivity contribution in [2.24, 2.45) is 0 Å². The molecule has 0 aromatic heterocycles. The minimum Gasteiger partial charge on any atom is -0.394 e. The number of unbranched alkanes of at least 4 members (excludes halogenated alkanes) is 26. The van der Waals surface area contributed by atoms with Gasteiger partial charge in [-0.1, -0.05) is 197 Å². The Labute approximate surface area is 373 Å². The van der Waals surface area contributed by atoms with Crippen molar-refractivity contribution in [2.75, 3.05) is 13.2 Å². The second-order valence-corrected chi connectivity index (χ2v) is 17.6. The standard InChI is InChI=1S/C52H95NO8/c1-3-5-7-9-11-13-15-17-19-21-23-25-27-29-31-33-35-37-39-41-46(55)45(44-60-52-51(59)50(58)49(57)47(43-54)61-52)53-48(56)42-40-38-36-34-32-30-28-26-24-22-20-18-16-14-12-10-8-6-4-2/h12,14,18,20,31,33,39,41,45-47,49-52,54-55,57-59H,3-11,13,15-17,19,21-30,32,34-38,40,42-44H2,1-2H3,(H,53,56)/b14-12-,20-18-,33-31+,41-39+. The van der Waals surface area contributed by atoms with Gasteiger partial charge in [0.2, 0.25) is 5.91 Å². The van der Waals surface area contributed by atoms with Gasteiger partial charge in [0.25, 0.3) is 0 Å². The van der Waals surface area contributed by atoms with Crippen LogP contribution < -0.4 is 5.32 Å². The molecule has 9 nitrogen and oxygen atoms in total. The van der Waals surface area contributed by atoms with Crippen molar-refractivity contribution in [1.82, 2.24) is 5.32 Å². The normalized spacial score (nSPS) is 20.8. The first kappa shape index (κ1) is 57.2. The number of amides is 1. The van der Waals surface area contributed by atoms with Crippen molar-refractivity contribution in [3.05, 3.63) is 48.6 Å². The van der Waals surface area contributed by atoms with E-state index in [1.54, 1.807) is 6.08 Å². The lowest BCUT2D eigenvalue weighted by Crippen LogP contribution is -2.60. The number of hydrogen-bond acceptors (Lipinski definition) is 8. The molecule has 0 aromatic carbocycles. The highest BCUT2D eigenvalue weighted by Gasteiger charge is 2.44. The fourth-order valence-electron chi connectivity index (χ4n) is 7.79. The first-order valence-corrected chi connectivity index (χ1v) is 25.4. The van der Waals surface area contributed by atoms with E-state index in [9.17, 15) is 30.3 Å². The minimum absolute atomic E-state index is 0.192. The third kappa shape index (κ3) is 32.5. The van der Waals surface area contributed by atoms with Crippen molar-refractivity contribution in [1.29, 1.82) is 0 Å². The van der Waals surface area contributed by atoms with Crippen molar-refractivity contribution in [3.8, 4) is 0 Å². The Bertz CT molecular complexity index is 1090. The first-order valence-electron chi connectivity index (χ1n) is 25.4. The van der Waals surface area contributed by atoms with Gasteiger partial charge in [0, 0.05) is 6.42 Å². The van der Waals surface area contributed by atoms with Crippen molar-refractivity contribution in [2.45, 2.75) is 262 Å². The number of aliphatic hydroxyl groups excluding tert-OH is 5. The summed E-state index contributed by atoms with van der Waals surface area (Å²) in [5, 5.41) is 54.3. The monoisotopic (exact) mass is 862 g/mol. The molecule has 1 aliphatic heterocycles. The third-order valence-corrected chi connectivity index (χ3v) is 11.9. The Kier molecular flexibility index (Phi) is 39.5. The molecule has 0 radical (unpaired) electrons. The molecule has 1 fully saturated rings. The highest BCUT2D eigenvalue weighted by molar-refractivity contribution is 5.76. The maximum atomic E-state index is 13.0. The predicted octanol–water partition coefficient (Wildman–Crippen LogP) is 11.4. The predicted molar refractivity (Wildman–Crippen MR) is 253 cm³/mol. The molecule has 1 amide bonds. The summed E-state index contributed by atoms with van der Waals surface area (Å²) in [6.07, 6.45) is 47.3. The fourth-order valence-corrected chi connectivity index (χ4v) is 7.79. The molecular weight excluding hydrogens is 767 g/mol. The Hall–Kier alpha value is -1.85. The molecule has 0 aromatic rings. The van der Waals surface area contributed by atoms with Gasteiger partial charge in [0.15, 0.2) is 6.29 Å². The van der Waals surface area contributed by atoms with E-state index in [1.807, 2.05) is 6.08 Å². The van der Waals surface area contributed by atoms with Crippen molar-refractivity contribution >= 4 is 5.91 Å². The summed E-state index contributed by atoms with van der Waals surface area (Å²) in [5.41, 5.74) is 0. The molecule has 7 atom stereocenters. The number of allylic oxidation sites excluding steroid dienone is 7. The maximum Gasteiger partial charge on any atom is 0.220 e. The van der Waals surface area contributed by atoms with E-state index in [4.69, 9.17) is 9.47 Å². The van der Waals surface area contributed by atoms with Gasteiger partial charge in [0.1, 0.15) is 24.4 Å². The Morgan fingerprint density at radius 3 is 1.51 bits per heavy atom. The van der Waals surface area contributed by atoms with E-state index in [0.29, 0.717) is 6.42 Å². The van der Waals surface area contributed by atoms with Crippen LogP contribution in [0.4, 0.5) is 0 Å².